The van der Waals surface area contributed by atoms with Gasteiger partial charge in [-0.15, -0.1) is 0 Å². The number of halogens is 3. The van der Waals surface area contributed by atoms with Gasteiger partial charge in [-0.1, -0.05) is 48.5 Å². The molecule has 1 N–H and O–H groups in total. The van der Waals surface area contributed by atoms with Crippen molar-refractivity contribution in [2.75, 3.05) is 0 Å². The summed E-state index contributed by atoms with van der Waals surface area (Å²) in [6.07, 6.45) is -5.20. The molecule has 3 nitrogen and oxygen atoms in total. The van der Waals surface area contributed by atoms with E-state index in [4.69, 9.17) is 4.74 Å². The molecule has 3 rings (SSSR count). The lowest BCUT2D eigenvalue weighted by Gasteiger charge is -2.16. The zero-order valence-corrected chi connectivity index (χ0v) is 14.6. The van der Waals surface area contributed by atoms with Crippen LogP contribution in [0.2, 0.25) is 0 Å². The number of hydrogen-bond donors (Lipinski definition) is 1. The molecule has 0 heterocycles. The molecule has 1 amide bonds. The van der Waals surface area contributed by atoms with E-state index in [1.807, 2.05) is 36.4 Å². The second-order valence-electron chi connectivity index (χ2n) is 6.15. The van der Waals surface area contributed by atoms with Crippen LogP contribution < -0.4 is 10.1 Å². The van der Waals surface area contributed by atoms with Crippen molar-refractivity contribution in [2.45, 2.75) is 25.7 Å². The van der Waals surface area contributed by atoms with Crippen molar-refractivity contribution in [1.29, 1.82) is 0 Å². The Morgan fingerprint density at radius 1 is 1.04 bits per heavy atom. The average molecular weight is 373 g/mol. The first kappa shape index (κ1) is 18.8. The van der Waals surface area contributed by atoms with Crippen molar-refractivity contribution in [3.63, 3.8) is 0 Å². The van der Waals surface area contributed by atoms with E-state index < -0.39 is 23.8 Å². The summed E-state index contributed by atoms with van der Waals surface area (Å²) in [5, 5.41) is 4.49. The Kier molecular flexibility index (Phi) is 5.35. The molecule has 6 heteroatoms. The van der Waals surface area contributed by atoms with Gasteiger partial charge in [0.2, 0.25) is 0 Å². The minimum absolute atomic E-state index is 0.00795. The fourth-order valence-corrected chi connectivity index (χ4v) is 2.73. The number of amides is 1. The first-order chi connectivity index (χ1) is 12.8. The molecule has 0 aliphatic heterocycles. The van der Waals surface area contributed by atoms with Gasteiger partial charge in [-0.2, -0.15) is 13.2 Å². The Hall–Kier alpha value is -3.02. The largest absolute Gasteiger partial charge is 0.480 e. The lowest BCUT2D eigenvalue weighted by atomic mass is 10.1. The number of carbonyl (C=O) groups excluding carboxylic acids is 1. The second-order valence-corrected chi connectivity index (χ2v) is 6.15. The number of alkyl halides is 3. The predicted octanol–water partition coefficient (Wildman–Crippen LogP) is 4.94. The van der Waals surface area contributed by atoms with E-state index in [1.54, 1.807) is 13.0 Å². The minimum atomic E-state index is -4.41. The predicted molar refractivity (Wildman–Crippen MR) is 97.3 cm³/mol. The van der Waals surface area contributed by atoms with E-state index >= 15 is 0 Å². The summed E-state index contributed by atoms with van der Waals surface area (Å²) in [7, 11) is 0. The molecule has 0 radical (unpaired) electrons. The van der Waals surface area contributed by atoms with Crippen LogP contribution in [0.1, 0.15) is 18.1 Å². The van der Waals surface area contributed by atoms with Gasteiger partial charge in [0.15, 0.2) is 6.10 Å². The molecular weight excluding hydrogens is 355 g/mol. The van der Waals surface area contributed by atoms with Gasteiger partial charge in [0.05, 0.1) is 5.56 Å². The number of fused-ring (bicyclic) bond motifs is 1. The van der Waals surface area contributed by atoms with Crippen LogP contribution in [-0.4, -0.2) is 12.0 Å². The molecule has 0 unspecified atom stereocenters. The smallest absolute Gasteiger partial charge is 0.416 e. The van der Waals surface area contributed by atoms with Gasteiger partial charge < -0.3 is 10.1 Å². The van der Waals surface area contributed by atoms with E-state index in [1.165, 1.54) is 12.1 Å². The highest BCUT2D eigenvalue weighted by Crippen LogP contribution is 2.29. The van der Waals surface area contributed by atoms with E-state index in [-0.39, 0.29) is 6.54 Å². The van der Waals surface area contributed by atoms with Crippen LogP contribution in [0.25, 0.3) is 10.8 Å². The monoisotopic (exact) mass is 373 g/mol. The molecule has 0 fully saturated rings. The molecule has 0 aliphatic carbocycles. The molecule has 0 spiro atoms. The Bertz CT molecular complexity index is 948. The zero-order chi connectivity index (χ0) is 19.4. The first-order valence-electron chi connectivity index (χ1n) is 8.43. The number of hydrogen-bond acceptors (Lipinski definition) is 2. The van der Waals surface area contributed by atoms with Gasteiger partial charge >= 0.3 is 6.18 Å². The van der Waals surface area contributed by atoms with Gasteiger partial charge in [-0.25, -0.2) is 0 Å². The quantitative estimate of drug-likeness (QED) is 0.688. The van der Waals surface area contributed by atoms with Crippen LogP contribution in [0, 0.1) is 0 Å². The molecule has 0 saturated carbocycles. The van der Waals surface area contributed by atoms with Crippen molar-refractivity contribution in [3.05, 3.63) is 77.9 Å². The lowest BCUT2D eigenvalue weighted by Crippen LogP contribution is -2.36. The third-order valence-corrected chi connectivity index (χ3v) is 4.14. The highest BCUT2D eigenvalue weighted by Gasteiger charge is 2.30. The highest BCUT2D eigenvalue weighted by atomic mass is 19.4. The number of carbonyl (C=O) groups is 1. The number of ether oxygens (including phenoxy) is 1. The molecule has 140 valence electrons. The molecule has 27 heavy (non-hydrogen) atoms. The average Bonchev–Trinajstić information content (AvgIpc) is 2.66. The SMILES string of the molecule is C[C@H](Oc1cccc2ccccc12)C(=O)NCc1cccc(C(F)(F)F)c1. The van der Waals surface area contributed by atoms with E-state index in [0.29, 0.717) is 11.3 Å². The minimum Gasteiger partial charge on any atom is -0.480 e. The molecule has 3 aromatic rings. The summed E-state index contributed by atoms with van der Waals surface area (Å²) in [5.41, 5.74) is -0.371. The fourth-order valence-electron chi connectivity index (χ4n) is 2.73. The zero-order valence-electron chi connectivity index (χ0n) is 14.6. The molecule has 0 saturated heterocycles. The topological polar surface area (TPSA) is 38.3 Å². The van der Waals surface area contributed by atoms with Crippen LogP contribution in [0.3, 0.4) is 0 Å². The van der Waals surface area contributed by atoms with Crippen molar-refractivity contribution in [2.24, 2.45) is 0 Å². The Labute approximate surface area is 154 Å². The van der Waals surface area contributed by atoms with Gasteiger partial charge in [-0.3, -0.25) is 4.79 Å². The Balaban J connectivity index is 1.64. The van der Waals surface area contributed by atoms with E-state index in [0.717, 1.165) is 22.9 Å². The first-order valence-corrected chi connectivity index (χ1v) is 8.43. The molecule has 3 aromatic carbocycles. The van der Waals surface area contributed by atoms with Crippen LogP contribution in [0.5, 0.6) is 5.75 Å². The van der Waals surface area contributed by atoms with Crippen LogP contribution in [-0.2, 0) is 17.5 Å². The van der Waals surface area contributed by atoms with Gasteiger partial charge in [0.25, 0.3) is 5.91 Å². The maximum atomic E-state index is 12.8. The van der Waals surface area contributed by atoms with Crippen LogP contribution in [0.15, 0.2) is 66.7 Å². The van der Waals surface area contributed by atoms with Gasteiger partial charge in [-0.05, 0) is 36.1 Å². The molecular formula is C21H18F3NO2. The van der Waals surface area contributed by atoms with Gasteiger partial charge in [0, 0.05) is 11.9 Å². The third-order valence-electron chi connectivity index (χ3n) is 4.14. The maximum absolute atomic E-state index is 12.8. The Morgan fingerprint density at radius 3 is 2.52 bits per heavy atom. The normalized spacial score (nSPS) is 12.6. The molecule has 0 aliphatic rings. The third kappa shape index (κ3) is 4.58. The molecule has 0 aromatic heterocycles. The maximum Gasteiger partial charge on any atom is 0.416 e. The molecule has 0 bridgehead atoms. The Morgan fingerprint density at radius 2 is 1.74 bits per heavy atom. The summed E-state index contributed by atoms with van der Waals surface area (Å²) in [4.78, 5) is 12.3. The van der Waals surface area contributed by atoms with Crippen LogP contribution >= 0.6 is 0 Å². The lowest BCUT2D eigenvalue weighted by molar-refractivity contribution is -0.137. The van der Waals surface area contributed by atoms with Crippen molar-refractivity contribution >= 4 is 16.7 Å². The van der Waals surface area contributed by atoms with Crippen molar-refractivity contribution in [3.8, 4) is 5.75 Å². The van der Waals surface area contributed by atoms with E-state index in [9.17, 15) is 18.0 Å². The van der Waals surface area contributed by atoms with E-state index in [2.05, 4.69) is 5.32 Å². The molecule has 1 atom stereocenters. The summed E-state index contributed by atoms with van der Waals surface area (Å²) >= 11 is 0. The summed E-state index contributed by atoms with van der Waals surface area (Å²) in [6, 6.07) is 18.1. The second kappa shape index (κ2) is 7.70. The number of rotatable bonds is 5. The van der Waals surface area contributed by atoms with Crippen molar-refractivity contribution in [1.82, 2.24) is 5.32 Å². The summed E-state index contributed by atoms with van der Waals surface area (Å²) < 4.78 is 44.0. The number of benzene rings is 3. The summed E-state index contributed by atoms with van der Waals surface area (Å²) in [5.74, 6) is 0.176. The van der Waals surface area contributed by atoms with Crippen LogP contribution in [0.4, 0.5) is 13.2 Å². The summed E-state index contributed by atoms with van der Waals surface area (Å²) in [6.45, 7) is 1.59. The van der Waals surface area contributed by atoms with Gasteiger partial charge in [0.1, 0.15) is 5.75 Å². The standard InChI is InChI=1S/C21H18F3NO2/c1-14(27-19-11-5-8-16-7-2-3-10-18(16)19)20(26)25-13-15-6-4-9-17(12-15)21(22,23)24/h2-12,14H,13H2,1H3,(H,25,26)/t14-/m0/s1. The van der Waals surface area contributed by atoms with Crippen molar-refractivity contribution < 1.29 is 22.7 Å². The number of nitrogens with one attached hydrogen (secondary N) is 1. The highest BCUT2D eigenvalue weighted by molar-refractivity contribution is 5.89. The fraction of sp³-hybridized carbons (Fsp3) is 0.190.